The zero-order chi connectivity index (χ0) is 16.2. The summed E-state index contributed by atoms with van der Waals surface area (Å²) in [6.07, 6.45) is 2.86. The number of hydrogen-bond donors (Lipinski definition) is 1. The molecule has 5 nitrogen and oxygen atoms in total. The predicted molar refractivity (Wildman–Crippen MR) is 93.9 cm³/mol. The van der Waals surface area contributed by atoms with Gasteiger partial charge in [0.2, 0.25) is 0 Å². The third-order valence-corrected chi connectivity index (χ3v) is 4.07. The van der Waals surface area contributed by atoms with Crippen molar-refractivity contribution in [3.8, 4) is 0 Å². The Kier molecular flexibility index (Phi) is 4.57. The highest BCUT2D eigenvalue weighted by Gasteiger charge is 2.11. The fourth-order valence-electron chi connectivity index (χ4n) is 2.83. The minimum absolute atomic E-state index is 0.285. The number of fused-ring (bicyclic) bond motifs is 1. The van der Waals surface area contributed by atoms with Crippen LogP contribution in [0.1, 0.15) is 24.4 Å². The van der Waals surface area contributed by atoms with Crippen LogP contribution in [0.2, 0.25) is 0 Å². The van der Waals surface area contributed by atoms with Crippen molar-refractivity contribution in [1.29, 1.82) is 0 Å². The molecule has 0 saturated carbocycles. The molecule has 0 aliphatic heterocycles. The Balaban J connectivity index is 1.65. The van der Waals surface area contributed by atoms with E-state index in [4.69, 9.17) is 0 Å². The number of aromatic nitrogens is 3. The third kappa shape index (κ3) is 3.35. The molecule has 0 amide bonds. The van der Waals surface area contributed by atoms with Gasteiger partial charge in [-0.15, -0.1) is 10.2 Å². The quantitative estimate of drug-likeness (QED) is 0.760. The van der Waals surface area contributed by atoms with Crippen LogP contribution in [0.25, 0.3) is 5.65 Å². The summed E-state index contributed by atoms with van der Waals surface area (Å²) in [6, 6.07) is 14.7. The Labute approximate surface area is 137 Å². The summed E-state index contributed by atoms with van der Waals surface area (Å²) >= 11 is 0. The van der Waals surface area contributed by atoms with Crippen molar-refractivity contribution in [2.45, 2.75) is 19.4 Å². The molecular formula is C18H23N5. The number of hydrogen-bond acceptors (Lipinski definition) is 4. The molecule has 0 saturated heterocycles. The second-order valence-electron chi connectivity index (χ2n) is 5.92. The highest BCUT2D eigenvalue weighted by Crippen LogP contribution is 2.24. The summed E-state index contributed by atoms with van der Waals surface area (Å²) in [5.41, 5.74) is 3.46. The molecule has 5 heteroatoms. The number of para-hydroxylation sites is 1. The van der Waals surface area contributed by atoms with Crippen molar-refractivity contribution >= 4 is 11.3 Å². The maximum atomic E-state index is 4.28. The minimum atomic E-state index is 0.285. The fourth-order valence-corrected chi connectivity index (χ4v) is 2.83. The first-order chi connectivity index (χ1) is 11.2. The number of nitrogens with one attached hydrogen (secondary N) is 1. The van der Waals surface area contributed by atoms with Crippen LogP contribution in [-0.4, -0.2) is 35.2 Å². The van der Waals surface area contributed by atoms with Crippen LogP contribution >= 0.6 is 0 Å². The highest BCUT2D eigenvalue weighted by molar-refractivity contribution is 5.53. The van der Waals surface area contributed by atoms with E-state index in [-0.39, 0.29) is 6.04 Å². The van der Waals surface area contributed by atoms with Crippen LogP contribution < -0.4 is 10.2 Å². The molecule has 0 aliphatic carbocycles. The van der Waals surface area contributed by atoms with E-state index in [1.54, 1.807) is 0 Å². The van der Waals surface area contributed by atoms with Gasteiger partial charge < -0.3 is 10.2 Å². The topological polar surface area (TPSA) is 45.5 Å². The number of benzene rings is 1. The van der Waals surface area contributed by atoms with Crippen LogP contribution in [0.4, 0.5) is 5.69 Å². The normalized spacial score (nSPS) is 12.5. The van der Waals surface area contributed by atoms with Gasteiger partial charge in [-0.1, -0.05) is 24.3 Å². The van der Waals surface area contributed by atoms with E-state index in [9.17, 15) is 0 Å². The van der Waals surface area contributed by atoms with Crippen molar-refractivity contribution in [2.24, 2.45) is 0 Å². The minimum Gasteiger partial charge on any atom is -0.377 e. The molecule has 23 heavy (non-hydrogen) atoms. The first-order valence-electron chi connectivity index (χ1n) is 7.95. The highest BCUT2D eigenvalue weighted by atomic mass is 15.2. The van der Waals surface area contributed by atoms with Gasteiger partial charge in [-0.25, -0.2) is 0 Å². The lowest BCUT2D eigenvalue weighted by Gasteiger charge is -2.22. The van der Waals surface area contributed by atoms with Gasteiger partial charge in [-0.3, -0.25) is 4.40 Å². The summed E-state index contributed by atoms with van der Waals surface area (Å²) in [5.74, 6) is 0.987. The lowest BCUT2D eigenvalue weighted by molar-refractivity contribution is 0.568. The fraction of sp³-hybridized carbons (Fsp3) is 0.333. The van der Waals surface area contributed by atoms with Crippen LogP contribution in [0, 0.1) is 0 Å². The van der Waals surface area contributed by atoms with E-state index in [0.717, 1.165) is 24.4 Å². The van der Waals surface area contributed by atoms with Gasteiger partial charge in [-0.2, -0.15) is 0 Å². The number of pyridine rings is 1. The van der Waals surface area contributed by atoms with E-state index in [2.05, 4.69) is 65.7 Å². The van der Waals surface area contributed by atoms with Gasteiger partial charge in [0.25, 0.3) is 0 Å². The zero-order valence-corrected chi connectivity index (χ0v) is 13.9. The van der Waals surface area contributed by atoms with E-state index >= 15 is 0 Å². The number of nitrogens with zero attached hydrogens (tertiary/aromatic N) is 4. The molecule has 0 bridgehead atoms. The van der Waals surface area contributed by atoms with E-state index < -0.39 is 0 Å². The average molecular weight is 309 g/mol. The molecule has 0 radical (unpaired) electrons. The van der Waals surface area contributed by atoms with Crippen LogP contribution in [0.15, 0.2) is 48.7 Å². The first kappa shape index (κ1) is 15.5. The first-order valence-corrected chi connectivity index (χ1v) is 7.95. The maximum absolute atomic E-state index is 4.28. The number of rotatable bonds is 6. The Bertz CT molecular complexity index is 778. The Morgan fingerprint density at radius 1 is 1.09 bits per heavy atom. The Hall–Kier alpha value is -2.40. The van der Waals surface area contributed by atoms with Crippen LogP contribution in [0.5, 0.6) is 0 Å². The standard InChI is InChI=1S/C18H23N5/c1-14(15-8-4-5-9-16(15)22(2)3)19-12-11-18-21-20-17-10-6-7-13-23(17)18/h4-10,13-14,19H,11-12H2,1-3H3/t14-/m0/s1. The smallest absolute Gasteiger partial charge is 0.160 e. The molecule has 120 valence electrons. The van der Waals surface area contributed by atoms with Gasteiger partial charge in [0.05, 0.1) is 0 Å². The molecule has 1 atom stereocenters. The second kappa shape index (κ2) is 6.79. The van der Waals surface area contributed by atoms with Crippen molar-refractivity contribution in [2.75, 3.05) is 25.5 Å². The summed E-state index contributed by atoms with van der Waals surface area (Å²) in [4.78, 5) is 2.15. The van der Waals surface area contributed by atoms with Crippen LogP contribution in [-0.2, 0) is 6.42 Å². The predicted octanol–water partition coefficient (Wildman–Crippen LogP) is 2.69. The van der Waals surface area contributed by atoms with Gasteiger partial charge >= 0.3 is 0 Å². The van der Waals surface area contributed by atoms with Crippen molar-refractivity contribution in [3.05, 3.63) is 60.0 Å². The summed E-state index contributed by atoms with van der Waals surface area (Å²) in [5, 5.41) is 12.1. The Morgan fingerprint density at radius 3 is 2.70 bits per heavy atom. The number of anilines is 1. The molecule has 1 aromatic carbocycles. The molecule has 1 N–H and O–H groups in total. The summed E-state index contributed by atoms with van der Waals surface area (Å²) in [7, 11) is 4.15. The molecule has 2 aromatic heterocycles. The molecule has 0 unspecified atom stereocenters. The van der Waals surface area contributed by atoms with Crippen molar-refractivity contribution in [1.82, 2.24) is 19.9 Å². The maximum Gasteiger partial charge on any atom is 0.160 e. The van der Waals surface area contributed by atoms with Gasteiger partial charge in [0.15, 0.2) is 5.65 Å². The van der Waals surface area contributed by atoms with Gasteiger partial charge in [0.1, 0.15) is 5.82 Å². The van der Waals surface area contributed by atoms with E-state index in [0.29, 0.717) is 0 Å². The van der Waals surface area contributed by atoms with Crippen molar-refractivity contribution < 1.29 is 0 Å². The lowest BCUT2D eigenvalue weighted by atomic mass is 10.1. The second-order valence-corrected chi connectivity index (χ2v) is 5.92. The Morgan fingerprint density at radius 2 is 1.87 bits per heavy atom. The SMILES string of the molecule is C[C@H](NCCc1nnc2ccccn12)c1ccccc1N(C)C. The molecule has 3 rings (SSSR count). The molecule has 2 heterocycles. The van der Waals surface area contributed by atoms with Crippen LogP contribution in [0.3, 0.4) is 0 Å². The molecular weight excluding hydrogens is 286 g/mol. The average Bonchev–Trinajstić information content (AvgIpc) is 2.98. The molecule has 0 spiro atoms. The van der Waals surface area contributed by atoms with Gasteiger partial charge in [-0.05, 0) is 30.7 Å². The summed E-state index contributed by atoms with van der Waals surface area (Å²) < 4.78 is 2.04. The molecule has 3 aromatic rings. The van der Waals surface area contributed by atoms with E-state index in [1.807, 2.05) is 28.8 Å². The largest absolute Gasteiger partial charge is 0.377 e. The molecule has 0 fully saturated rings. The van der Waals surface area contributed by atoms with Crippen molar-refractivity contribution in [3.63, 3.8) is 0 Å². The van der Waals surface area contributed by atoms with E-state index in [1.165, 1.54) is 11.3 Å². The zero-order valence-electron chi connectivity index (χ0n) is 13.9. The third-order valence-electron chi connectivity index (χ3n) is 4.07. The molecule has 0 aliphatic rings. The summed E-state index contributed by atoms with van der Waals surface area (Å²) in [6.45, 7) is 3.06. The lowest BCUT2D eigenvalue weighted by Crippen LogP contribution is -2.24. The monoisotopic (exact) mass is 309 g/mol. The van der Waals surface area contributed by atoms with Gasteiger partial charge in [0, 0.05) is 45.0 Å².